The van der Waals surface area contributed by atoms with Gasteiger partial charge < -0.3 is 5.11 Å². The first-order valence-corrected chi connectivity index (χ1v) is 3.88. The molecule has 0 aromatic carbocycles. The van der Waals surface area contributed by atoms with Crippen LogP contribution in [-0.4, -0.2) is 35.2 Å². The van der Waals surface area contributed by atoms with E-state index >= 15 is 0 Å². The van der Waals surface area contributed by atoms with Crippen LogP contribution >= 0.6 is 0 Å². The van der Waals surface area contributed by atoms with Gasteiger partial charge in [-0.25, -0.2) is 0 Å². The largest absolute Gasteiger partial charge is 0.395 e. The summed E-state index contributed by atoms with van der Waals surface area (Å²) in [6, 6.07) is 0. The highest BCUT2D eigenvalue weighted by Gasteiger charge is 2.17. The summed E-state index contributed by atoms with van der Waals surface area (Å²) < 4.78 is 0. The molecule has 0 aliphatic rings. The highest BCUT2D eigenvalue weighted by molar-refractivity contribution is 4.74. The van der Waals surface area contributed by atoms with E-state index in [1.54, 1.807) is 0 Å². The maximum Gasteiger partial charge on any atom is 0.0558 e. The van der Waals surface area contributed by atoms with Crippen LogP contribution in [-0.2, 0) is 0 Å². The third kappa shape index (κ3) is 3.18. The first-order chi connectivity index (χ1) is 4.52. The molecule has 0 amide bonds. The summed E-state index contributed by atoms with van der Waals surface area (Å²) in [5.74, 6) is 0. The second-order valence-corrected chi connectivity index (χ2v) is 3.47. The molecule has 0 aliphatic carbocycles. The lowest BCUT2D eigenvalue weighted by Crippen LogP contribution is -2.42. The van der Waals surface area contributed by atoms with E-state index in [9.17, 15) is 0 Å². The topological polar surface area (TPSA) is 23.5 Å². The maximum atomic E-state index is 8.69. The Balaban J connectivity index is 3.81. The molecule has 0 spiro atoms. The summed E-state index contributed by atoms with van der Waals surface area (Å²) >= 11 is 0. The Bertz CT molecular complexity index is 85.7. The summed E-state index contributed by atoms with van der Waals surface area (Å²) in [4.78, 5) is 2.24. The zero-order valence-corrected chi connectivity index (χ0v) is 7.52. The Hall–Kier alpha value is -0.0800. The van der Waals surface area contributed by atoms with Crippen LogP contribution in [0.3, 0.4) is 0 Å². The van der Waals surface area contributed by atoms with Gasteiger partial charge in [-0.2, -0.15) is 0 Å². The van der Waals surface area contributed by atoms with Crippen LogP contribution in [0.5, 0.6) is 0 Å². The normalized spacial score (nSPS) is 12.6. The van der Waals surface area contributed by atoms with Crippen LogP contribution in [0.25, 0.3) is 0 Å². The summed E-state index contributed by atoms with van der Waals surface area (Å²) in [6.07, 6.45) is 0. The van der Waals surface area contributed by atoms with Crippen LogP contribution in [0.1, 0.15) is 27.7 Å². The van der Waals surface area contributed by atoms with Gasteiger partial charge >= 0.3 is 0 Å². The van der Waals surface area contributed by atoms with Crippen molar-refractivity contribution in [1.29, 1.82) is 0 Å². The Morgan fingerprint density at radius 2 is 1.80 bits per heavy atom. The van der Waals surface area contributed by atoms with Crippen LogP contribution < -0.4 is 0 Å². The molecule has 0 saturated heterocycles. The number of aliphatic hydroxyl groups is 1. The average molecular weight is 145 g/mol. The number of hydrogen-bond acceptors (Lipinski definition) is 2. The third-order valence-electron chi connectivity index (χ3n) is 1.70. The molecule has 0 atom stereocenters. The first kappa shape index (κ1) is 9.92. The van der Waals surface area contributed by atoms with Crippen molar-refractivity contribution in [2.45, 2.75) is 33.2 Å². The predicted molar refractivity (Wildman–Crippen MR) is 44.1 cm³/mol. The minimum absolute atomic E-state index is 0.192. The lowest BCUT2D eigenvalue weighted by Gasteiger charge is -2.33. The second-order valence-electron chi connectivity index (χ2n) is 3.47. The van der Waals surface area contributed by atoms with E-state index in [1.807, 2.05) is 0 Å². The molecule has 0 aromatic heterocycles. The Kier molecular flexibility index (Phi) is 3.91. The molecule has 62 valence electrons. The number of β-amino-alcohol motifs (C(OH)–C–C–N with tert-alkyl or cyclic N) is 1. The highest BCUT2D eigenvalue weighted by Crippen LogP contribution is 2.10. The quantitative estimate of drug-likeness (QED) is 0.643. The molecule has 0 fully saturated rings. The van der Waals surface area contributed by atoms with Gasteiger partial charge in [-0.3, -0.25) is 4.90 Å². The molecule has 0 heterocycles. The molecular formula is C8H19NO. The molecule has 0 unspecified atom stereocenters. The fourth-order valence-electron chi connectivity index (χ4n) is 1.09. The van der Waals surface area contributed by atoms with Gasteiger partial charge in [0.1, 0.15) is 0 Å². The molecular weight excluding hydrogens is 126 g/mol. The number of aliphatic hydroxyl groups excluding tert-OH is 1. The lowest BCUT2D eigenvalue weighted by molar-refractivity contribution is 0.112. The molecule has 2 heteroatoms. The van der Waals surface area contributed by atoms with Gasteiger partial charge in [0.25, 0.3) is 0 Å². The van der Waals surface area contributed by atoms with E-state index in [2.05, 4.69) is 32.6 Å². The summed E-state index contributed by atoms with van der Waals surface area (Å²) in [6.45, 7) is 10.6. The van der Waals surface area contributed by atoms with E-state index in [1.165, 1.54) is 0 Å². The van der Waals surface area contributed by atoms with Crippen molar-refractivity contribution < 1.29 is 5.11 Å². The average Bonchev–Trinajstić information content (AvgIpc) is 1.80. The molecule has 2 nitrogen and oxygen atoms in total. The van der Waals surface area contributed by atoms with Crippen molar-refractivity contribution in [2.75, 3.05) is 19.7 Å². The van der Waals surface area contributed by atoms with Crippen molar-refractivity contribution in [1.82, 2.24) is 4.90 Å². The van der Waals surface area contributed by atoms with Crippen molar-refractivity contribution in [3.05, 3.63) is 0 Å². The van der Waals surface area contributed by atoms with Gasteiger partial charge in [0, 0.05) is 12.1 Å². The molecule has 0 aliphatic heterocycles. The summed E-state index contributed by atoms with van der Waals surface area (Å²) in [7, 11) is 0. The monoisotopic (exact) mass is 145 g/mol. The van der Waals surface area contributed by atoms with Gasteiger partial charge in [0.2, 0.25) is 0 Å². The fourth-order valence-corrected chi connectivity index (χ4v) is 1.09. The van der Waals surface area contributed by atoms with E-state index < -0.39 is 0 Å². The predicted octanol–water partition coefficient (Wildman–Crippen LogP) is 1.10. The molecule has 1 N–H and O–H groups in total. The van der Waals surface area contributed by atoms with Gasteiger partial charge in [0.15, 0.2) is 0 Å². The van der Waals surface area contributed by atoms with Crippen molar-refractivity contribution >= 4 is 0 Å². The van der Waals surface area contributed by atoms with Crippen LogP contribution in [0, 0.1) is 0 Å². The second kappa shape index (κ2) is 3.94. The zero-order valence-electron chi connectivity index (χ0n) is 7.52. The molecule has 0 aromatic rings. The lowest BCUT2D eigenvalue weighted by atomic mass is 10.1. The Morgan fingerprint density at radius 1 is 1.30 bits per heavy atom. The number of hydrogen-bond donors (Lipinski definition) is 1. The van der Waals surface area contributed by atoms with E-state index in [0.717, 1.165) is 13.1 Å². The Morgan fingerprint density at radius 3 is 1.90 bits per heavy atom. The van der Waals surface area contributed by atoms with Gasteiger partial charge in [0.05, 0.1) is 6.61 Å². The molecule has 0 radical (unpaired) electrons. The minimum Gasteiger partial charge on any atom is -0.395 e. The minimum atomic E-state index is 0.192. The van der Waals surface area contributed by atoms with Crippen molar-refractivity contribution in [2.24, 2.45) is 0 Å². The van der Waals surface area contributed by atoms with E-state index in [-0.39, 0.29) is 12.1 Å². The van der Waals surface area contributed by atoms with Gasteiger partial charge in [-0.1, -0.05) is 6.92 Å². The first-order valence-electron chi connectivity index (χ1n) is 3.88. The van der Waals surface area contributed by atoms with Crippen molar-refractivity contribution in [3.63, 3.8) is 0 Å². The maximum absolute atomic E-state index is 8.69. The van der Waals surface area contributed by atoms with Gasteiger partial charge in [-0.15, -0.1) is 0 Å². The van der Waals surface area contributed by atoms with E-state index in [0.29, 0.717) is 0 Å². The molecule has 0 rings (SSSR count). The zero-order chi connectivity index (χ0) is 8.20. The van der Waals surface area contributed by atoms with Crippen LogP contribution in [0.4, 0.5) is 0 Å². The van der Waals surface area contributed by atoms with Crippen molar-refractivity contribution in [3.8, 4) is 0 Å². The summed E-state index contributed by atoms with van der Waals surface area (Å²) in [5, 5.41) is 8.69. The summed E-state index contributed by atoms with van der Waals surface area (Å²) in [5.41, 5.74) is 0.192. The number of rotatable bonds is 3. The third-order valence-corrected chi connectivity index (χ3v) is 1.70. The SMILES string of the molecule is CCN(CCO)C(C)(C)C. The molecule has 0 saturated carbocycles. The van der Waals surface area contributed by atoms with Crippen LogP contribution in [0.2, 0.25) is 0 Å². The van der Waals surface area contributed by atoms with Gasteiger partial charge in [-0.05, 0) is 27.3 Å². The molecule has 10 heavy (non-hydrogen) atoms. The smallest absolute Gasteiger partial charge is 0.0558 e. The number of likely N-dealkylation sites (N-methyl/N-ethyl adjacent to an activating group) is 1. The van der Waals surface area contributed by atoms with Crippen LogP contribution in [0.15, 0.2) is 0 Å². The Labute approximate surface area is 63.8 Å². The van der Waals surface area contributed by atoms with E-state index in [4.69, 9.17) is 5.11 Å². The molecule has 0 bridgehead atoms. The standard InChI is InChI=1S/C8H19NO/c1-5-9(6-7-10)8(2,3)4/h10H,5-7H2,1-4H3. The highest BCUT2D eigenvalue weighted by atomic mass is 16.3. The number of nitrogens with zero attached hydrogens (tertiary/aromatic N) is 1. The fraction of sp³-hybridized carbons (Fsp3) is 1.00.